The van der Waals surface area contributed by atoms with Crippen molar-refractivity contribution < 1.29 is 22.0 Å². The number of aromatic nitrogens is 2. The van der Waals surface area contributed by atoms with Crippen molar-refractivity contribution in [2.45, 2.75) is 30.1 Å². The highest BCUT2D eigenvalue weighted by Crippen LogP contribution is 2.58. The molecule has 10 heteroatoms. The average molecular weight is 509 g/mol. The van der Waals surface area contributed by atoms with Crippen LogP contribution in [0, 0.1) is 17.6 Å². The van der Waals surface area contributed by atoms with Gasteiger partial charge in [0.05, 0.1) is 28.2 Å². The van der Waals surface area contributed by atoms with Gasteiger partial charge in [-0.15, -0.1) is 0 Å². The molecule has 2 aliphatic rings. The molecule has 1 amide bonds. The molecule has 2 heterocycles. The molecule has 36 heavy (non-hydrogen) atoms. The summed E-state index contributed by atoms with van der Waals surface area (Å²) in [6.45, 7) is 0. The van der Waals surface area contributed by atoms with Crippen LogP contribution in [0.15, 0.2) is 72.9 Å². The zero-order chi connectivity index (χ0) is 25.2. The largest absolute Gasteiger partial charge is 0.305 e. The lowest BCUT2D eigenvalue weighted by Gasteiger charge is -2.32. The zero-order valence-corrected chi connectivity index (χ0v) is 19.8. The lowest BCUT2D eigenvalue weighted by molar-refractivity contribution is -0.117. The number of halogens is 2. The smallest absolute Gasteiger partial charge is 0.227 e. The molecule has 7 nitrogen and oxygen atoms in total. The number of carbonyl (C=O) groups is 1. The molecule has 3 aromatic carbocycles. The maximum atomic E-state index is 13.7. The number of fused-ring (bicyclic) bond motifs is 1. The summed E-state index contributed by atoms with van der Waals surface area (Å²) < 4.78 is 52.7. The summed E-state index contributed by atoms with van der Waals surface area (Å²) in [7, 11) is -3.91. The van der Waals surface area contributed by atoms with Gasteiger partial charge in [-0.1, -0.05) is 12.1 Å². The van der Waals surface area contributed by atoms with Crippen LogP contribution in [-0.2, 0) is 14.8 Å². The Labute approximate surface area is 206 Å². The van der Waals surface area contributed by atoms with Crippen LogP contribution in [0.1, 0.15) is 30.9 Å². The van der Waals surface area contributed by atoms with Gasteiger partial charge in [0.25, 0.3) is 0 Å². The van der Waals surface area contributed by atoms with E-state index >= 15 is 0 Å². The predicted molar refractivity (Wildman–Crippen MR) is 131 cm³/mol. The predicted octanol–water partition coefficient (Wildman–Crippen LogP) is 4.22. The summed E-state index contributed by atoms with van der Waals surface area (Å²) in [6, 6.07) is 16.5. The molecule has 4 aromatic rings. The topological polar surface area (TPSA) is 98.3 Å². The standard InChI is InChI=1S/C26H22F2N4O3S/c27-18-3-1-16(2-4-18)25-22(26(11-12-26)36(29,34)35)14-24(33)31(25)21-9-10-23-17(13-21)15-30-32(23)20-7-5-19(28)6-8-20/h1-10,13,15,22,25H,11-12,14H2,(H2,29,34,35). The normalized spacial score (nSPS) is 21.3. The van der Waals surface area contributed by atoms with Crippen molar-refractivity contribution >= 4 is 32.5 Å². The van der Waals surface area contributed by atoms with Gasteiger partial charge in [0.15, 0.2) is 0 Å². The molecule has 2 atom stereocenters. The van der Waals surface area contributed by atoms with E-state index in [1.165, 1.54) is 24.3 Å². The summed E-state index contributed by atoms with van der Waals surface area (Å²) in [5, 5.41) is 10.8. The number of sulfonamides is 1. The minimum absolute atomic E-state index is 0.0192. The van der Waals surface area contributed by atoms with E-state index in [9.17, 15) is 22.0 Å². The van der Waals surface area contributed by atoms with Crippen molar-refractivity contribution in [2.75, 3.05) is 4.90 Å². The number of primary sulfonamides is 1. The molecular formula is C26H22F2N4O3S. The molecule has 0 bridgehead atoms. The Hall–Kier alpha value is -3.63. The second-order valence-electron chi connectivity index (χ2n) is 9.46. The number of carbonyl (C=O) groups excluding carboxylic acids is 1. The fraction of sp³-hybridized carbons (Fsp3) is 0.231. The fourth-order valence-corrected chi connectivity index (χ4v) is 6.81. The first-order valence-corrected chi connectivity index (χ1v) is 13.1. The SMILES string of the molecule is NS(=O)(=O)C1(C2CC(=O)N(c3ccc4c(cnn4-c4ccc(F)cc4)c3)C2c2ccc(F)cc2)CC1. The van der Waals surface area contributed by atoms with Crippen LogP contribution in [0.25, 0.3) is 16.6 Å². The van der Waals surface area contributed by atoms with Gasteiger partial charge in [-0.2, -0.15) is 5.10 Å². The van der Waals surface area contributed by atoms with Gasteiger partial charge in [0.2, 0.25) is 15.9 Å². The highest BCUT2D eigenvalue weighted by Gasteiger charge is 2.64. The Morgan fingerprint density at radius 1 is 0.917 bits per heavy atom. The molecule has 1 saturated carbocycles. The Kier molecular flexibility index (Phi) is 5.03. The van der Waals surface area contributed by atoms with Crippen LogP contribution in [0.3, 0.4) is 0 Å². The summed E-state index contributed by atoms with van der Waals surface area (Å²) >= 11 is 0. The van der Waals surface area contributed by atoms with E-state index in [2.05, 4.69) is 5.10 Å². The van der Waals surface area contributed by atoms with Gasteiger partial charge in [-0.3, -0.25) is 4.79 Å². The Morgan fingerprint density at radius 2 is 1.53 bits per heavy atom. The monoisotopic (exact) mass is 508 g/mol. The third-order valence-electron chi connectivity index (χ3n) is 7.42. The summed E-state index contributed by atoms with van der Waals surface area (Å²) in [5.41, 5.74) is 2.66. The lowest BCUT2D eigenvalue weighted by atomic mass is 9.89. The van der Waals surface area contributed by atoms with Crippen molar-refractivity contribution in [1.29, 1.82) is 0 Å². The molecular weight excluding hydrogens is 486 g/mol. The van der Waals surface area contributed by atoms with E-state index in [1.54, 1.807) is 46.1 Å². The number of rotatable bonds is 5. The number of benzene rings is 3. The minimum atomic E-state index is -3.91. The maximum absolute atomic E-state index is 13.7. The van der Waals surface area contributed by atoms with E-state index in [-0.39, 0.29) is 18.1 Å². The second kappa shape index (κ2) is 7.94. The van der Waals surface area contributed by atoms with Crippen molar-refractivity contribution in [3.8, 4) is 5.69 Å². The Bertz CT molecular complexity index is 1600. The Morgan fingerprint density at radius 3 is 2.14 bits per heavy atom. The molecule has 1 aromatic heterocycles. The molecule has 0 spiro atoms. The molecule has 2 fully saturated rings. The van der Waals surface area contributed by atoms with Crippen molar-refractivity contribution in [2.24, 2.45) is 11.1 Å². The van der Waals surface area contributed by atoms with E-state index in [0.717, 1.165) is 10.9 Å². The van der Waals surface area contributed by atoms with Crippen molar-refractivity contribution in [1.82, 2.24) is 9.78 Å². The van der Waals surface area contributed by atoms with E-state index in [1.807, 2.05) is 12.1 Å². The van der Waals surface area contributed by atoms with Gasteiger partial charge in [-0.25, -0.2) is 27.0 Å². The Balaban J connectivity index is 1.45. The molecule has 0 radical (unpaired) electrons. The van der Waals surface area contributed by atoms with E-state index in [4.69, 9.17) is 5.14 Å². The van der Waals surface area contributed by atoms with Gasteiger partial charge < -0.3 is 4.90 Å². The first-order valence-electron chi connectivity index (χ1n) is 11.5. The number of amides is 1. The third-order valence-corrected chi connectivity index (χ3v) is 9.26. The average Bonchev–Trinajstić information content (AvgIpc) is 3.46. The van der Waals surface area contributed by atoms with Gasteiger partial charge in [0.1, 0.15) is 11.6 Å². The van der Waals surface area contributed by atoms with Gasteiger partial charge in [-0.05, 0) is 73.0 Å². The molecule has 184 valence electrons. The molecule has 1 aliphatic heterocycles. The number of hydrogen-bond acceptors (Lipinski definition) is 4. The number of nitrogens with zero attached hydrogens (tertiary/aromatic N) is 3. The second-order valence-corrected chi connectivity index (χ2v) is 11.4. The van der Waals surface area contributed by atoms with Crippen LogP contribution >= 0.6 is 0 Å². The van der Waals surface area contributed by atoms with E-state index < -0.39 is 32.5 Å². The highest BCUT2D eigenvalue weighted by molar-refractivity contribution is 7.90. The first-order chi connectivity index (χ1) is 17.2. The van der Waals surface area contributed by atoms with Crippen LogP contribution in [0.2, 0.25) is 0 Å². The molecule has 2 N–H and O–H groups in total. The van der Waals surface area contributed by atoms with Crippen LogP contribution < -0.4 is 10.0 Å². The van der Waals surface area contributed by atoms with Crippen molar-refractivity contribution in [3.63, 3.8) is 0 Å². The van der Waals surface area contributed by atoms with Crippen molar-refractivity contribution in [3.05, 3.63) is 90.1 Å². The fourth-order valence-electron chi connectivity index (χ4n) is 5.50. The number of hydrogen-bond donors (Lipinski definition) is 1. The van der Waals surface area contributed by atoms with Gasteiger partial charge >= 0.3 is 0 Å². The summed E-state index contributed by atoms with van der Waals surface area (Å²) in [6.07, 6.45) is 2.45. The first kappa shape index (κ1) is 22.8. The summed E-state index contributed by atoms with van der Waals surface area (Å²) in [4.78, 5) is 15.0. The molecule has 2 unspecified atom stereocenters. The lowest BCUT2D eigenvalue weighted by Crippen LogP contribution is -2.40. The number of anilines is 1. The van der Waals surface area contributed by atoms with Crippen LogP contribution in [-0.4, -0.2) is 28.9 Å². The van der Waals surface area contributed by atoms with Crippen LogP contribution in [0.5, 0.6) is 0 Å². The quantitative estimate of drug-likeness (QED) is 0.436. The summed E-state index contributed by atoms with van der Waals surface area (Å²) in [5.74, 6) is -1.56. The molecule has 1 saturated heterocycles. The van der Waals surface area contributed by atoms with Crippen LogP contribution in [0.4, 0.5) is 14.5 Å². The third kappa shape index (κ3) is 3.51. The minimum Gasteiger partial charge on any atom is -0.305 e. The van der Waals surface area contributed by atoms with E-state index in [0.29, 0.717) is 29.8 Å². The molecule has 1 aliphatic carbocycles. The number of nitrogens with two attached hydrogens (primary N) is 1. The highest BCUT2D eigenvalue weighted by atomic mass is 32.2. The zero-order valence-electron chi connectivity index (χ0n) is 19.0. The van der Waals surface area contributed by atoms with Gasteiger partial charge in [0, 0.05) is 23.4 Å². The molecule has 6 rings (SSSR count). The maximum Gasteiger partial charge on any atom is 0.227 e.